The van der Waals surface area contributed by atoms with Gasteiger partial charge in [0.2, 0.25) is 0 Å². The summed E-state index contributed by atoms with van der Waals surface area (Å²) in [5, 5.41) is 0. The van der Waals surface area contributed by atoms with Crippen molar-refractivity contribution in [2.45, 2.75) is 46.5 Å². The van der Waals surface area contributed by atoms with Crippen molar-refractivity contribution >= 4 is 11.7 Å². The number of aromatic nitrogens is 1. The van der Waals surface area contributed by atoms with E-state index >= 15 is 0 Å². The molecule has 1 aliphatic carbocycles. The third-order valence-corrected chi connectivity index (χ3v) is 5.83. The van der Waals surface area contributed by atoms with Crippen molar-refractivity contribution in [3.05, 3.63) is 63.1 Å². The number of aryl methyl sites for hydroxylation is 1. The first-order valence-corrected chi connectivity index (χ1v) is 9.95. The Morgan fingerprint density at radius 1 is 1.00 bits per heavy atom. The number of hydrogen-bond donors (Lipinski definition) is 0. The van der Waals surface area contributed by atoms with Gasteiger partial charge in [-0.3, -0.25) is 19.0 Å². The maximum absolute atomic E-state index is 13.4. The number of carbonyl (C=O) groups is 2. The van der Waals surface area contributed by atoms with Gasteiger partial charge in [0.05, 0.1) is 0 Å². The van der Waals surface area contributed by atoms with Crippen molar-refractivity contribution in [3.63, 3.8) is 0 Å². The molecule has 0 radical (unpaired) electrons. The lowest BCUT2D eigenvalue weighted by Crippen LogP contribution is -2.40. The van der Waals surface area contributed by atoms with Gasteiger partial charge in [0.1, 0.15) is 5.56 Å². The van der Waals surface area contributed by atoms with Gasteiger partial charge in [-0.25, -0.2) is 0 Å². The van der Waals surface area contributed by atoms with Gasteiger partial charge in [0.15, 0.2) is 5.78 Å². The van der Waals surface area contributed by atoms with Crippen LogP contribution < -0.4 is 5.56 Å². The van der Waals surface area contributed by atoms with Gasteiger partial charge in [0.25, 0.3) is 11.5 Å². The molecule has 2 aliphatic rings. The number of benzene rings is 1. The molecule has 1 aromatic heterocycles. The van der Waals surface area contributed by atoms with E-state index in [-0.39, 0.29) is 28.2 Å². The van der Waals surface area contributed by atoms with Crippen LogP contribution in [0.3, 0.4) is 0 Å². The molecule has 0 bridgehead atoms. The predicted molar refractivity (Wildman–Crippen MR) is 108 cm³/mol. The van der Waals surface area contributed by atoms with Crippen LogP contribution in [-0.4, -0.2) is 34.2 Å². The predicted octanol–water partition coefficient (Wildman–Crippen LogP) is 3.54. The quantitative estimate of drug-likeness (QED) is 0.803. The number of carbonyl (C=O) groups excluding carboxylic acids is 2. The molecule has 4 rings (SSSR count). The molecule has 2 aromatic rings. The van der Waals surface area contributed by atoms with Gasteiger partial charge in [-0.15, -0.1) is 0 Å². The molecule has 0 saturated carbocycles. The molecule has 5 heteroatoms. The van der Waals surface area contributed by atoms with E-state index in [1.165, 1.54) is 4.57 Å². The normalized spacial score (nSPS) is 18.2. The average Bonchev–Trinajstić information content (AvgIpc) is 3.16. The molecule has 1 aliphatic heterocycles. The molecule has 0 atom stereocenters. The van der Waals surface area contributed by atoms with E-state index in [4.69, 9.17) is 0 Å². The third kappa shape index (κ3) is 3.19. The summed E-state index contributed by atoms with van der Waals surface area (Å²) in [7, 11) is 0. The third-order valence-electron chi connectivity index (χ3n) is 5.83. The fourth-order valence-corrected chi connectivity index (χ4v) is 4.34. The van der Waals surface area contributed by atoms with Crippen molar-refractivity contribution in [2.75, 3.05) is 13.1 Å². The van der Waals surface area contributed by atoms with Crippen molar-refractivity contribution in [2.24, 2.45) is 5.41 Å². The lowest BCUT2D eigenvalue weighted by Gasteiger charge is -2.32. The smallest absolute Gasteiger partial charge is 0.268 e. The van der Waals surface area contributed by atoms with Gasteiger partial charge in [0, 0.05) is 37.0 Å². The number of hydrogen-bond acceptors (Lipinski definition) is 3. The molecule has 0 unspecified atom stereocenters. The van der Waals surface area contributed by atoms with E-state index in [2.05, 4.69) is 0 Å². The van der Waals surface area contributed by atoms with Crippen LogP contribution in [-0.2, 0) is 6.42 Å². The van der Waals surface area contributed by atoms with Crippen molar-refractivity contribution in [3.8, 4) is 5.69 Å². The first-order valence-electron chi connectivity index (χ1n) is 9.95. The summed E-state index contributed by atoms with van der Waals surface area (Å²) < 4.78 is 1.47. The highest BCUT2D eigenvalue weighted by Crippen LogP contribution is 2.36. The van der Waals surface area contributed by atoms with E-state index in [9.17, 15) is 14.4 Å². The number of rotatable bonds is 2. The van der Waals surface area contributed by atoms with Crippen LogP contribution in [0.5, 0.6) is 0 Å². The summed E-state index contributed by atoms with van der Waals surface area (Å²) in [6, 6.07) is 7.55. The van der Waals surface area contributed by atoms with Crippen LogP contribution in [0.25, 0.3) is 5.69 Å². The molecule has 0 N–H and O–H groups in total. The SMILES string of the molecule is Cc1ccc(-n2cc3c(c(C(=O)N4CCCC4)c2=O)CC(C)(C)CC3=O)cc1. The summed E-state index contributed by atoms with van der Waals surface area (Å²) in [6.07, 6.45) is 4.53. The fourth-order valence-electron chi connectivity index (χ4n) is 4.34. The van der Waals surface area contributed by atoms with E-state index in [0.29, 0.717) is 42.7 Å². The number of pyridine rings is 1. The number of amides is 1. The topological polar surface area (TPSA) is 59.4 Å². The molecule has 5 nitrogen and oxygen atoms in total. The van der Waals surface area contributed by atoms with Crippen LogP contribution in [0, 0.1) is 12.3 Å². The van der Waals surface area contributed by atoms with Gasteiger partial charge < -0.3 is 4.90 Å². The van der Waals surface area contributed by atoms with Crippen molar-refractivity contribution < 1.29 is 9.59 Å². The van der Waals surface area contributed by atoms with Crippen molar-refractivity contribution in [1.29, 1.82) is 0 Å². The number of Topliss-reactive ketones (excluding diaryl/α,β-unsaturated/α-hetero) is 1. The van der Waals surface area contributed by atoms with Gasteiger partial charge >= 0.3 is 0 Å². The standard InChI is InChI=1S/C23H26N2O3/c1-15-6-8-16(9-7-15)25-14-18-17(12-23(2,3)13-19(18)26)20(22(25)28)21(27)24-10-4-5-11-24/h6-9,14H,4-5,10-13H2,1-3H3. The summed E-state index contributed by atoms with van der Waals surface area (Å²) in [5.41, 5.74) is 2.50. The van der Waals surface area contributed by atoms with E-state index < -0.39 is 0 Å². The first-order chi connectivity index (χ1) is 13.3. The van der Waals surface area contributed by atoms with Crippen molar-refractivity contribution in [1.82, 2.24) is 9.47 Å². The molecule has 1 fully saturated rings. The lowest BCUT2D eigenvalue weighted by atomic mass is 9.73. The maximum Gasteiger partial charge on any atom is 0.268 e. The van der Waals surface area contributed by atoms with Gasteiger partial charge in [-0.1, -0.05) is 31.5 Å². The molecule has 1 amide bonds. The molecule has 28 heavy (non-hydrogen) atoms. The zero-order chi connectivity index (χ0) is 20.1. The molecular formula is C23H26N2O3. The minimum absolute atomic E-state index is 0.00239. The fraction of sp³-hybridized carbons (Fsp3) is 0.435. The molecule has 146 valence electrons. The second-order valence-corrected chi connectivity index (χ2v) is 8.85. The van der Waals surface area contributed by atoms with Gasteiger partial charge in [-0.05, 0) is 49.3 Å². The summed E-state index contributed by atoms with van der Waals surface area (Å²) >= 11 is 0. The second-order valence-electron chi connectivity index (χ2n) is 8.85. The summed E-state index contributed by atoms with van der Waals surface area (Å²) in [4.78, 5) is 41.4. The highest BCUT2D eigenvalue weighted by molar-refractivity contribution is 6.04. The van der Waals surface area contributed by atoms with Crippen LogP contribution in [0.15, 0.2) is 35.3 Å². The second kappa shape index (κ2) is 6.73. The average molecular weight is 378 g/mol. The minimum atomic E-state index is -0.329. The summed E-state index contributed by atoms with van der Waals surface area (Å²) in [5.74, 6) is -0.228. The lowest BCUT2D eigenvalue weighted by molar-refractivity contribution is 0.0788. The Morgan fingerprint density at radius 2 is 1.64 bits per heavy atom. The maximum atomic E-state index is 13.4. The zero-order valence-corrected chi connectivity index (χ0v) is 16.7. The number of fused-ring (bicyclic) bond motifs is 1. The molecule has 1 aromatic carbocycles. The Labute approximate surface area is 165 Å². The van der Waals surface area contributed by atoms with Crippen LogP contribution in [0.2, 0.25) is 0 Å². The van der Waals surface area contributed by atoms with Crippen LogP contribution >= 0.6 is 0 Å². The highest BCUT2D eigenvalue weighted by Gasteiger charge is 2.37. The van der Waals surface area contributed by atoms with Crippen LogP contribution in [0.1, 0.15) is 65.0 Å². The monoisotopic (exact) mass is 378 g/mol. The van der Waals surface area contributed by atoms with E-state index in [0.717, 1.165) is 18.4 Å². The Morgan fingerprint density at radius 3 is 2.29 bits per heavy atom. The largest absolute Gasteiger partial charge is 0.338 e. The molecule has 2 heterocycles. The first kappa shape index (κ1) is 18.7. The minimum Gasteiger partial charge on any atom is -0.338 e. The highest BCUT2D eigenvalue weighted by atomic mass is 16.2. The number of likely N-dealkylation sites (tertiary alicyclic amines) is 1. The number of nitrogens with zero attached hydrogens (tertiary/aromatic N) is 2. The summed E-state index contributed by atoms with van der Waals surface area (Å²) in [6.45, 7) is 7.36. The Bertz CT molecular complexity index is 1010. The van der Waals surface area contributed by atoms with Crippen LogP contribution in [0.4, 0.5) is 0 Å². The Hall–Kier alpha value is -2.69. The van der Waals surface area contributed by atoms with E-state index in [1.54, 1.807) is 11.1 Å². The van der Waals surface area contributed by atoms with E-state index in [1.807, 2.05) is 45.0 Å². The Balaban J connectivity index is 1.96. The number of ketones is 1. The Kier molecular flexibility index (Phi) is 4.48. The van der Waals surface area contributed by atoms with Gasteiger partial charge in [-0.2, -0.15) is 0 Å². The molecule has 0 spiro atoms. The molecular weight excluding hydrogens is 352 g/mol. The molecule has 1 saturated heterocycles. The zero-order valence-electron chi connectivity index (χ0n) is 16.7.